The molecule has 1 amide bonds. The van der Waals surface area contributed by atoms with Crippen molar-refractivity contribution < 1.29 is 17.9 Å². The van der Waals surface area contributed by atoms with Crippen LogP contribution in [0.3, 0.4) is 0 Å². The first-order chi connectivity index (χ1) is 14.0. The molecule has 2 aromatic rings. The number of nitrogens with zero attached hydrogens (tertiary/aromatic N) is 3. The van der Waals surface area contributed by atoms with Crippen LogP contribution in [0.2, 0.25) is 0 Å². The minimum atomic E-state index is -3.56. The van der Waals surface area contributed by atoms with Crippen LogP contribution in [0, 0.1) is 0 Å². The molecular formula is C19H19N5O4S. The third-order valence-corrected chi connectivity index (χ3v) is 6.24. The van der Waals surface area contributed by atoms with Gasteiger partial charge in [0.05, 0.1) is 22.4 Å². The third-order valence-electron chi connectivity index (χ3n) is 5.09. The summed E-state index contributed by atoms with van der Waals surface area (Å²) in [5, 5.41) is 2.82. The number of hydrogen-bond donors (Lipinski definition) is 2. The second kappa shape index (κ2) is 6.82. The lowest BCUT2D eigenvalue weighted by Gasteiger charge is -2.28. The van der Waals surface area contributed by atoms with E-state index in [1.54, 1.807) is 35.4 Å². The van der Waals surface area contributed by atoms with Crippen molar-refractivity contribution in [2.24, 2.45) is 4.40 Å². The molecule has 1 aromatic carbocycles. The van der Waals surface area contributed by atoms with Gasteiger partial charge in [-0.05, 0) is 43.2 Å². The molecule has 0 radical (unpaired) electrons. The van der Waals surface area contributed by atoms with Gasteiger partial charge in [-0.2, -0.15) is 0 Å². The number of sulfonamides is 1. The van der Waals surface area contributed by atoms with Gasteiger partial charge in [0.25, 0.3) is 15.9 Å². The van der Waals surface area contributed by atoms with Crippen molar-refractivity contribution in [3.05, 3.63) is 47.9 Å². The number of aromatic amines is 1. The van der Waals surface area contributed by atoms with Crippen molar-refractivity contribution >= 4 is 38.5 Å². The van der Waals surface area contributed by atoms with Crippen LogP contribution in [0.25, 0.3) is 11.0 Å². The Hall–Kier alpha value is -2.98. The lowest BCUT2D eigenvalue weighted by Crippen LogP contribution is -2.40. The topological polar surface area (TPSA) is 117 Å². The number of benzene rings is 1. The van der Waals surface area contributed by atoms with Crippen LogP contribution in [0.1, 0.15) is 24.8 Å². The molecule has 0 spiro atoms. The van der Waals surface area contributed by atoms with Crippen LogP contribution in [-0.4, -0.2) is 53.9 Å². The number of H-pyrrole nitrogens is 1. The molecule has 9 nitrogen and oxygen atoms in total. The van der Waals surface area contributed by atoms with E-state index in [-0.39, 0.29) is 29.8 Å². The van der Waals surface area contributed by atoms with Crippen molar-refractivity contribution in [2.75, 3.05) is 24.2 Å². The van der Waals surface area contributed by atoms with E-state index >= 15 is 0 Å². The molecule has 29 heavy (non-hydrogen) atoms. The van der Waals surface area contributed by atoms with Crippen LogP contribution >= 0.6 is 0 Å². The average Bonchev–Trinajstić information content (AvgIpc) is 3.36. The second-order valence-electron chi connectivity index (χ2n) is 7.13. The summed E-state index contributed by atoms with van der Waals surface area (Å²) in [6, 6.07) is 5.38. The van der Waals surface area contributed by atoms with Gasteiger partial charge in [0.15, 0.2) is 5.84 Å². The Morgan fingerprint density at radius 1 is 1.34 bits per heavy atom. The molecular weight excluding hydrogens is 394 g/mol. The van der Waals surface area contributed by atoms with Crippen LogP contribution in [0.15, 0.2) is 46.5 Å². The number of amides is 1. The van der Waals surface area contributed by atoms with E-state index in [2.05, 4.69) is 19.7 Å². The summed E-state index contributed by atoms with van der Waals surface area (Å²) < 4.78 is 33.2. The molecule has 150 valence electrons. The summed E-state index contributed by atoms with van der Waals surface area (Å²) in [5.41, 5.74) is 2.37. The number of rotatable bonds is 3. The van der Waals surface area contributed by atoms with E-state index in [1.807, 2.05) is 6.07 Å². The zero-order valence-electron chi connectivity index (χ0n) is 15.5. The van der Waals surface area contributed by atoms with E-state index < -0.39 is 15.9 Å². The first-order valence-electron chi connectivity index (χ1n) is 9.39. The Morgan fingerprint density at radius 2 is 2.24 bits per heavy atom. The van der Waals surface area contributed by atoms with Crippen molar-refractivity contribution in [2.45, 2.75) is 18.9 Å². The van der Waals surface area contributed by atoms with Crippen LogP contribution in [0.4, 0.5) is 5.69 Å². The summed E-state index contributed by atoms with van der Waals surface area (Å²) in [5.74, 6) is 0.450. The largest absolute Gasteiger partial charge is 0.370 e. The minimum Gasteiger partial charge on any atom is -0.370 e. The highest BCUT2D eigenvalue weighted by atomic mass is 32.2. The summed E-state index contributed by atoms with van der Waals surface area (Å²) in [7, 11) is -3.56. The predicted molar refractivity (Wildman–Crippen MR) is 108 cm³/mol. The van der Waals surface area contributed by atoms with Crippen LogP contribution in [-0.2, 0) is 19.6 Å². The fourth-order valence-corrected chi connectivity index (χ4v) is 4.63. The van der Waals surface area contributed by atoms with Gasteiger partial charge in [0, 0.05) is 25.0 Å². The van der Waals surface area contributed by atoms with E-state index in [0.29, 0.717) is 5.69 Å². The SMILES string of the molecule is O=C(Nc1ccc2nc(C3CCCO3)[nH]c2c1)C1=CC=CN2CCS(=O)(=O)N=C12. The van der Waals surface area contributed by atoms with E-state index in [9.17, 15) is 13.2 Å². The Morgan fingerprint density at radius 3 is 3.07 bits per heavy atom. The maximum atomic E-state index is 12.8. The first-order valence-corrected chi connectivity index (χ1v) is 11.0. The molecule has 3 aliphatic rings. The summed E-state index contributed by atoms with van der Waals surface area (Å²) in [6.45, 7) is 1.01. The molecule has 1 aromatic heterocycles. The normalized spacial score (nSPS) is 22.9. The van der Waals surface area contributed by atoms with Gasteiger partial charge in [0.1, 0.15) is 11.9 Å². The number of ether oxygens (including phenoxy) is 1. The standard InChI is InChI=1S/C19H19N5O4S/c25-19(13-3-1-7-24-8-10-29(26,27)23-18(13)24)20-12-5-6-14-15(11-12)22-17(21-14)16-4-2-9-28-16/h1,3,5-7,11,16H,2,4,8-10H2,(H,20,25)(H,21,22). The molecule has 1 atom stereocenters. The van der Waals surface area contributed by atoms with Gasteiger partial charge in [-0.1, -0.05) is 0 Å². The van der Waals surface area contributed by atoms with Gasteiger partial charge < -0.3 is 19.9 Å². The van der Waals surface area contributed by atoms with Gasteiger partial charge >= 0.3 is 0 Å². The maximum absolute atomic E-state index is 12.8. The number of imidazole rings is 1. The van der Waals surface area contributed by atoms with Gasteiger partial charge in [-0.15, -0.1) is 4.40 Å². The number of aromatic nitrogens is 2. The molecule has 0 bridgehead atoms. The molecule has 1 unspecified atom stereocenters. The summed E-state index contributed by atoms with van der Waals surface area (Å²) in [4.78, 5) is 22.3. The van der Waals surface area contributed by atoms with Crippen LogP contribution < -0.4 is 5.32 Å². The van der Waals surface area contributed by atoms with Crippen molar-refractivity contribution in [3.63, 3.8) is 0 Å². The smallest absolute Gasteiger partial charge is 0.259 e. The molecule has 4 heterocycles. The third kappa shape index (κ3) is 3.45. The van der Waals surface area contributed by atoms with Gasteiger partial charge in [-0.25, -0.2) is 13.4 Å². The highest BCUT2D eigenvalue weighted by Crippen LogP contribution is 2.29. The molecule has 2 N–H and O–H groups in total. The van der Waals surface area contributed by atoms with Crippen molar-refractivity contribution in [3.8, 4) is 0 Å². The second-order valence-corrected chi connectivity index (χ2v) is 8.88. The van der Waals surface area contributed by atoms with Crippen LogP contribution in [0.5, 0.6) is 0 Å². The number of carbonyl (C=O) groups excluding carboxylic acids is 1. The highest BCUT2D eigenvalue weighted by molar-refractivity contribution is 7.90. The lowest BCUT2D eigenvalue weighted by molar-refractivity contribution is -0.112. The van der Waals surface area contributed by atoms with Crippen molar-refractivity contribution in [1.29, 1.82) is 0 Å². The quantitative estimate of drug-likeness (QED) is 0.793. The number of nitrogens with one attached hydrogen (secondary N) is 2. The minimum absolute atomic E-state index is 0.0168. The molecule has 5 rings (SSSR count). The predicted octanol–water partition coefficient (Wildman–Crippen LogP) is 1.85. The fourth-order valence-electron chi connectivity index (χ4n) is 3.64. The zero-order chi connectivity index (χ0) is 20.0. The number of amidine groups is 1. The summed E-state index contributed by atoms with van der Waals surface area (Å²) >= 11 is 0. The Bertz CT molecular complexity index is 1190. The Kier molecular flexibility index (Phi) is 4.25. The van der Waals surface area contributed by atoms with Crippen molar-refractivity contribution in [1.82, 2.24) is 14.9 Å². The Balaban J connectivity index is 1.40. The number of carbonyl (C=O) groups is 1. The zero-order valence-corrected chi connectivity index (χ0v) is 16.3. The maximum Gasteiger partial charge on any atom is 0.259 e. The monoisotopic (exact) mass is 413 g/mol. The first kappa shape index (κ1) is 18.1. The van der Waals surface area contributed by atoms with E-state index in [4.69, 9.17) is 4.74 Å². The number of fused-ring (bicyclic) bond motifs is 2. The number of anilines is 1. The molecule has 1 fully saturated rings. The molecule has 3 aliphatic heterocycles. The van der Waals surface area contributed by atoms with Gasteiger partial charge in [-0.3, -0.25) is 4.79 Å². The Labute approximate surface area is 167 Å². The molecule has 0 aliphatic carbocycles. The summed E-state index contributed by atoms with van der Waals surface area (Å²) in [6.07, 6.45) is 6.92. The lowest BCUT2D eigenvalue weighted by atomic mass is 10.1. The molecule has 0 saturated carbocycles. The number of allylic oxidation sites excluding steroid dienone is 2. The van der Waals surface area contributed by atoms with Gasteiger partial charge in [0.2, 0.25) is 0 Å². The number of hydrogen-bond acceptors (Lipinski definition) is 6. The van der Waals surface area contributed by atoms with E-state index in [1.165, 1.54) is 0 Å². The highest BCUT2D eigenvalue weighted by Gasteiger charge is 2.30. The average molecular weight is 413 g/mol. The fraction of sp³-hybridized carbons (Fsp3) is 0.316. The van der Waals surface area contributed by atoms with E-state index in [0.717, 1.165) is 36.3 Å². The molecule has 10 heteroatoms. The molecule has 1 saturated heterocycles.